The van der Waals surface area contributed by atoms with Gasteiger partial charge in [-0.05, 0) is 34.4 Å². The molecule has 0 saturated carbocycles. The number of benzene rings is 3. The molecule has 0 heterocycles. The fraction of sp³-hybridized carbons (Fsp3) is 0. The van der Waals surface area contributed by atoms with Gasteiger partial charge in [0.25, 0.3) is 0 Å². The van der Waals surface area contributed by atoms with Crippen LogP contribution in [-0.2, 0) is 0 Å². The predicted octanol–water partition coefficient (Wildman–Crippen LogP) is 3.61. The highest BCUT2D eigenvalue weighted by Gasteiger charge is 2.18. The highest BCUT2D eigenvalue weighted by Crippen LogP contribution is 2.36. The molecule has 88 valence electrons. The smallest absolute Gasteiger partial charge is 0.318 e. The maximum Gasteiger partial charge on any atom is 0.318 e. The van der Waals surface area contributed by atoms with Crippen molar-refractivity contribution in [3.8, 4) is 5.75 Å². The van der Waals surface area contributed by atoms with Crippen LogP contribution in [0.25, 0.3) is 21.5 Å². The van der Waals surface area contributed by atoms with Crippen LogP contribution in [0, 0.1) is 10.1 Å². The molecule has 1 N–H and O–H groups in total. The summed E-state index contributed by atoms with van der Waals surface area (Å²) in [6.07, 6.45) is 0. The first-order valence-corrected chi connectivity index (χ1v) is 5.46. The molecule has 0 bridgehead atoms. The van der Waals surface area contributed by atoms with Gasteiger partial charge in [0.05, 0.1) is 10.3 Å². The molecule has 3 aromatic rings. The van der Waals surface area contributed by atoms with Gasteiger partial charge in [0.2, 0.25) is 0 Å². The lowest BCUT2D eigenvalue weighted by molar-refractivity contribution is -0.384. The summed E-state index contributed by atoms with van der Waals surface area (Å²) in [4.78, 5) is 10.5. The number of rotatable bonds is 1. The van der Waals surface area contributed by atoms with E-state index < -0.39 is 4.92 Å². The minimum absolute atomic E-state index is 0.238. The van der Waals surface area contributed by atoms with E-state index in [0.717, 1.165) is 16.2 Å². The second kappa shape index (κ2) is 3.70. The Balaban J connectivity index is 2.50. The van der Waals surface area contributed by atoms with Gasteiger partial charge in [-0.25, -0.2) is 0 Å². The van der Waals surface area contributed by atoms with Crippen LogP contribution in [0.4, 0.5) is 5.69 Å². The molecule has 0 aliphatic carbocycles. The zero-order chi connectivity index (χ0) is 12.7. The summed E-state index contributed by atoms with van der Waals surface area (Å²) in [7, 11) is 0. The second-order valence-corrected chi connectivity index (χ2v) is 4.11. The summed E-state index contributed by atoms with van der Waals surface area (Å²) in [6.45, 7) is 0. The molecule has 0 unspecified atom stereocenters. The van der Waals surface area contributed by atoms with Gasteiger partial charge < -0.3 is 5.11 Å². The first-order valence-electron chi connectivity index (χ1n) is 5.46. The molecular formula is C14H9NO3. The average Bonchev–Trinajstić information content (AvgIpc) is 2.36. The lowest BCUT2D eigenvalue weighted by Gasteiger charge is -2.04. The lowest BCUT2D eigenvalue weighted by atomic mass is 10.0. The van der Waals surface area contributed by atoms with E-state index in [1.54, 1.807) is 12.1 Å². The summed E-state index contributed by atoms with van der Waals surface area (Å²) >= 11 is 0. The van der Waals surface area contributed by atoms with Crippen LogP contribution >= 0.6 is 0 Å². The van der Waals surface area contributed by atoms with E-state index in [1.807, 2.05) is 30.3 Å². The Morgan fingerprint density at radius 1 is 0.944 bits per heavy atom. The van der Waals surface area contributed by atoms with E-state index >= 15 is 0 Å². The summed E-state index contributed by atoms with van der Waals surface area (Å²) in [6, 6.07) is 14.3. The van der Waals surface area contributed by atoms with Gasteiger partial charge in [0.15, 0.2) is 5.75 Å². The van der Waals surface area contributed by atoms with Gasteiger partial charge >= 0.3 is 5.69 Å². The van der Waals surface area contributed by atoms with Crippen molar-refractivity contribution in [3.63, 3.8) is 0 Å². The number of aromatic hydroxyl groups is 1. The van der Waals surface area contributed by atoms with Crippen LogP contribution in [0.3, 0.4) is 0 Å². The number of nitro groups is 1. The number of phenols is 1. The highest BCUT2D eigenvalue weighted by atomic mass is 16.6. The number of hydrogen-bond donors (Lipinski definition) is 1. The van der Waals surface area contributed by atoms with Crippen LogP contribution in [-0.4, -0.2) is 10.0 Å². The van der Waals surface area contributed by atoms with Gasteiger partial charge in [-0.1, -0.05) is 30.3 Å². The third-order valence-electron chi connectivity index (χ3n) is 3.02. The van der Waals surface area contributed by atoms with Crippen molar-refractivity contribution >= 4 is 27.2 Å². The molecule has 3 rings (SSSR count). The van der Waals surface area contributed by atoms with E-state index in [0.29, 0.717) is 5.39 Å². The van der Waals surface area contributed by atoms with E-state index in [2.05, 4.69) is 0 Å². The molecular weight excluding hydrogens is 230 g/mol. The molecule has 4 heteroatoms. The first kappa shape index (κ1) is 10.5. The van der Waals surface area contributed by atoms with Crippen molar-refractivity contribution in [3.05, 3.63) is 58.6 Å². The minimum atomic E-state index is -0.549. The Morgan fingerprint density at radius 2 is 1.61 bits per heavy atom. The average molecular weight is 239 g/mol. The summed E-state index contributed by atoms with van der Waals surface area (Å²) < 4.78 is 0. The fourth-order valence-electron chi connectivity index (χ4n) is 2.18. The Morgan fingerprint density at radius 3 is 2.28 bits per heavy atom. The van der Waals surface area contributed by atoms with Gasteiger partial charge in [-0.2, -0.15) is 0 Å². The minimum Gasteiger partial charge on any atom is -0.502 e. The van der Waals surface area contributed by atoms with E-state index in [-0.39, 0.29) is 11.4 Å². The van der Waals surface area contributed by atoms with Gasteiger partial charge in [0, 0.05) is 0 Å². The topological polar surface area (TPSA) is 63.4 Å². The molecule has 0 spiro atoms. The highest BCUT2D eigenvalue weighted by molar-refractivity contribution is 6.03. The largest absolute Gasteiger partial charge is 0.502 e. The first-order chi connectivity index (χ1) is 8.66. The van der Waals surface area contributed by atoms with Crippen molar-refractivity contribution < 1.29 is 10.0 Å². The summed E-state index contributed by atoms with van der Waals surface area (Å²) in [5, 5.41) is 23.8. The number of hydrogen-bond acceptors (Lipinski definition) is 3. The summed E-state index contributed by atoms with van der Waals surface area (Å²) in [5.41, 5.74) is -0.238. The van der Waals surface area contributed by atoms with Crippen LogP contribution in [0.15, 0.2) is 48.5 Å². The third-order valence-corrected chi connectivity index (χ3v) is 3.02. The molecule has 18 heavy (non-hydrogen) atoms. The van der Waals surface area contributed by atoms with Crippen LogP contribution in [0.2, 0.25) is 0 Å². The molecule has 4 nitrogen and oxygen atoms in total. The molecule has 0 aliphatic heterocycles. The van der Waals surface area contributed by atoms with Crippen LogP contribution in [0.5, 0.6) is 5.75 Å². The molecule has 0 atom stereocenters. The van der Waals surface area contributed by atoms with Crippen LogP contribution in [0.1, 0.15) is 0 Å². The molecule has 0 aromatic heterocycles. The number of phenolic OH excluding ortho intramolecular Hbond substituents is 1. The number of nitrogens with zero attached hydrogens (tertiary/aromatic N) is 1. The van der Waals surface area contributed by atoms with Crippen molar-refractivity contribution in [1.29, 1.82) is 0 Å². The Hall–Kier alpha value is -2.62. The lowest BCUT2D eigenvalue weighted by Crippen LogP contribution is -1.90. The zero-order valence-corrected chi connectivity index (χ0v) is 9.33. The molecule has 0 saturated heterocycles. The second-order valence-electron chi connectivity index (χ2n) is 4.11. The van der Waals surface area contributed by atoms with E-state index in [9.17, 15) is 15.2 Å². The van der Waals surface area contributed by atoms with Crippen molar-refractivity contribution in [1.82, 2.24) is 0 Å². The standard InChI is InChI=1S/C14H9NO3/c16-13-6-5-11-7-9-3-1-2-4-10(9)8-12(11)14(13)15(17)18/h1-8,16H. The number of fused-ring (bicyclic) bond motifs is 2. The maximum absolute atomic E-state index is 11.0. The molecule has 3 aromatic carbocycles. The fourth-order valence-corrected chi connectivity index (χ4v) is 2.18. The monoisotopic (exact) mass is 239 g/mol. The Labute approximate surface area is 102 Å². The molecule has 0 radical (unpaired) electrons. The zero-order valence-electron chi connectivity index (χ0n) is 9.33. The molecule has 0 aliphatic rings. The maximum atomic E-state index is 11.0. The Kier molecular flexibility index (Phi) is 2.16. The SMILES string of the molecule is O=[N+]([O-])c1c(O)ccc2cc3ccccc3cc12. The van der Waals surface area contributed by atoms with Gasteiger partial charge in [-0.15, -0.1) is 0 Å². The van der Waals surface area contributed by atoms with Crippen LogP contribution < -0.4 is 0 Å². The Bertz CT molecular complexity index is 780. The van der Waals surface area contributed by atoms with Crippen molar-refractivity contribution in [2.75, 3.05) is 0 Å². The van der Waals surface area contributed by atoms with Gasteiger partial charge in [-0.3, -0.25) is 10.1 Å². The van der Waals surface area contributed by atoms with Gasteiger partial charge in [0.1, 0.15) is 0 Å². The molecule has 0 amide bonds. The van der Waals surface area contributed by atoms with Crippen molar-refractivity contribution in [2.45, 2.75) is 0 Å². The quantitative estimate of drug-likeness (QED) is 0.401. The predicted molar refractivity (Wildman–Crippen MR) is 69.8 cm³/mol. The number of nitro benzene ring substituents is 1. The normalized spacial score (nSPS) is 10.9. The molecule has 0 fully saturated rings. The summed E-state index contributed by atoms with van der Waals surface area (Å²) in [5.74, 6) is -0.303. The van der Waals surface area contributed by atoms with E-state index in [1.165, 1.54) is 6.07 Å². The third kappa shape index (κ3) is 1.47. The van der Waals surface area contributed by atoms with Crippen molar-refractivity contribution in [2.24, 2.45) is 0 Å². The van der Waals surface area contributed by atoms with E-state index in [4.69, 9.17) is 0 Å².